The molecule has 5 nitrogen and oxygen atoms in total. The molecule has 0 radical (unpaired) electrons. The van der Waals surface area contributed by atoms with Gasteiger partial charge in [-0.1, -0.05) is 29.8 Å². The van der Waals surface area contributed by atoms with Crippen molar-refractivity contribution in [3.05, 3.63) is 59.1 Å². The Morgan fingerprint density at radius 3 is 2.52 bits per heavy atom. The predicted molar refractivity (Wildman–Crippen MR) is 111 cm³/mol. The lowest BCUT2D eigenvalue weighted by Crippen LogP contribution is -2.33. The first-order valence-corrected chi connectivity index (χ1v) is 11.5. The lowest BCUT2D eigenvalue weighted by atomic mass is 10.1. The minimum absolute atomic E-state index is 0.182. The molecule has 8 heteroatoms. The van der Waals surface area contributed by atoms with E-state index in [2.05, 4.69) is 5.32 Å². The summed E-state index contributed by atoms with van der Waals surface area (Å²) in [6.07, 6.45) is 0.706. The van der Waals surface area contributed by atoms with Crippen molar-refractivity contribution in [2.24, 2.45) is 0 Å². The molecule has 0 spiro atoms. The van der Waals surface area contributed by atoms with Crippen LogP contribution in [-0.2, 0) is 14.8 Å². The molecule has 1 fully saturated rings. The van der Waals surface area contributed by atoms with Crippen molar-refractivity contribution in [1.29, 1.82) is 0 Å². The van der Waals surface area contributed by atoms with Gasteiger partial charge in [-0.3, -0.25) is 4.79 Å². The maximum absolute atomic E-state index is 13.0. The summed E-state index contributed by atoms with van der Waals surface area (Å²) >= 11 is 8.05. The molecule has 2 aromatic carbocycles. The highest BCUT2D eigenvalue weighted by molar-refractivity contribution is 7.99. The average molecular weight is 425 g/mol. The molecule has 0 bridgehead atoms. The van der Waals surface area contributed by atoms with E-state index in [0.29, 0.717) is 31.0 Å². The third kappa shape index (κ3) is 4.85. The molecule has 1 aliphatic heterocycles. The fourth-order valence-electron chi connectivity index (χ4n) is 3.04. The number of amides is 1. The van der Waals surface area contributed by atoms with Crippen molar-refractivity contribution in [3.8, 4) is 0 Å². The van der Waals surface area contributed by atoms with E-state index in [0.717, 1.165) is 10.6 Å². The third-order valence-electron chi connectivity index (χ3n) is 4.36. The van der Waals surface area contributed by atoms with Gasteiger partial charge in [0, 0.05) is 41.7 Å². The number of nitrogens with zero attached hydrogens (tertiary/aromatic N) is 1. The van der Waals surface area contributed by atoms with Crippen LogP contribution in [0.5, 0.6) is 0 Å². The number of rotatable bonds is 4. The number of anilines is 1. The van der Waals surface area contributed by atoms with Crippen molar-refractivity contribution >= 4 is 45.0 Å². The summed E-state index contributed by atoms with van der Waals surface area (Å²) < 4.78 is 27.5. The number of halogens is 1. The SMILES string of the molecule is CC(=O)Nc1ccc(S(=O)(=O)N2CCS[C@@H](c3ccccc3Cl)CC2)cc1. The maximum Gasteiger partial charge on any atom is 0.243 e. The normalized spacial score (nSPS) is 18.7. The van der Waals surface area contributed by atoms with E-state index in [9.17, 15) is 13.2 Å². The summed E-state index contributed by atoms with van der Waals surface area (Å²) in [5.74, 6) is 0.514. The molecule has 1 N–H and O–H groups in total. The van der Waals surface area contributed by atoms with E-state index in [4.69, 9.17) is 11.6 Å². The van der Waals surface area contributed by atoms with Crippen LogP contribution in [0.1, 0.15) is 24.2 Å². The number of hydrogen-bond acceptors (Lipinski definition) is 4. The summed E-state index contributed by atoms with van der Waals surface area (Å²) in [6, 6.07) is 14.0. The highest BCUT2D eigenvalue weighted by Gasteiger charge is 2.28. The number of nitrogens with one attached hydrogen (secondary N) is 1. The largest absolute Gasteiger partial charge is 0.326 e. The molecule has 0 saturated carbocycles. The first-order chi connectivity index (χ1) is 12.9. The predicted octanol–water partition coefficient (Wildman–Crippen LogP) is 4.17. The molecule has 27 heavy (non-hydrogen) atoms. The minimum atomic E-state index is -3.57. The van der Waals surface area contributed by atoms with Gasteiger partial charge in [0.25, 0.3) is 0 Å². The number of hydrogen-bond donors (Lipinski definition) is 1. The zero-order chi connectivity index (χ0) is 19.4. The van der Waals surface area contributed by atoms with Gasteiger partial charge in [0.05, 0.1) is 4.90 Å². The van der Waals surface area contributed by atoms with Gasteiger partial charge < -0.3 is 5.32 Å². The molecule has 3 rings (SSSR count). The monoisotopic (exact) mass is 424 g/mol. The van der Waals surface area contributed by atoms with Gasteiger partial charge in [-0.05, 0) is 42.3 Å². The van der Waals surface area contributed by atoms with Gasteiger partial charge >= 0.3 is 0 Å². The summed E-state index contributed by atoms with van der Waals surface area (Å²) in [4.78, 5) is 11.3. The van der Waals surface area contributed by atoms with Gasteiger partial charge in [0.2, 0.25) is 15.9 Å². The van der Waals surface area contributed by atoms with Crippen LogP contribution in [0.25, 0.3) is 0 Å². The maximum atomic E-state index is 13.0. The number of thioether (sulfide) groups is 1. The summed E-state index contributed by atoms with van der Waals surface area (Å²) in [5, 5.41) is 3.54. The Morgan fingerprint density at radius 1 is 1.15 bits per heavy atom. The van der Waals surface area contributed by atoms with Crippen molar-refractivity contribution < 1.29 is 13.2 Å². The molecule has 144 valence electrons. The Bertz CT molecular complexity index is 917. The van der Waals surface area contributed by atoms with Crippen LogP contribution >= 0.6 is 23.4 Å². The molecule has 1 atom stereocenters. The van der Waals surface area contributed by atoms with E-state index in [1.807, 2.05) is 24.3 Å². The first kappa shape index (κ1) is 20.2. The van der Waals surface area contributed by atoms with Crippen LogP contribution < -0.4 is 5.32 Å². The zero-order valence-electron chi connectivity index (χ0n) is 14.9. The fraction of sp³-hybridized carbons (Fsp3) is 0.316. The Morgan fingerprint density at radius 2 is 1.85 bits per heavy atom. The number of benzene rings is 2. The molecule has 1 saturated heterocycles. The van der Waals surface area contributed by atoms with Crippen molar-refractivity contribution in [1.82, 2.24) is 4.31 Å². The lowest BCUT2D eigenvalue weighted by molar-refractivity contribution is -0.114. The molecule has 0 aromatic heterocycles. The molecule has 2 aromatic rings. The Balaban J connectivity index is 1.74. The second-order valence-electron chi connectivity index (χ2n) is 6.28. The molecule has 1 amide bonds. The number of sulfonamides is 1. The van der Waals surface area contributed by atoms with Crippen molar-refractivity contribution in [3.63, 3.8) is 0 Å². The quantitative estimate of drug-likeness (QED) is 0.799. The molecular weight excluding hydrogens is 404 g/mol. The van der Waals surface area contributed by atoms with Gasteiger partial charge in [-0.15, -0.1) is 0 Å². The van der Waals surface area contributed by atoms with Crippen LogP contribution in [0.3, 0.4) is 0 Å². The smallest absolute Gasteiger partial charge is 0.243 e. The zero-order valence-corrected chi connectivity index (χ0v) is 17.3. The van der Waals surface area contributed by atoms with Crippen molar-refractivity contribution in [2.45, 2.75) is 23.5 Å². The second-order valence-corrected chi connectivity index (χ2v) is 9.94. The van der Waals surface area contributed by atoms with E-state index in [1.165, 1.54) is 23.4 Å². The van der Waals surface area contributed by atoms with Gasteiger partial charge in [0.15, 0.2) is 0 Å². The van der Waals surface area contributed by atoms with Crippen molar-refractivity contribution in [2.75, 3.05) is 24.2 Å². The summed E-state index contributed by atoms with van der Waals surface area (Å²) in [6.45, 7) is 2.31. The molecule has 0 unspecified atom stereocenters. The highest BCUT2D eigenvalue weighted by Crippen LogP contribution is 2.38. The Kier molecular flexibility index (Phi) is 6.47. The van der Waals surface area contributed by atoms with Crippen LogP contribution in [0, 0.1) is 0 Å². The van der Waals surface area contributed by atoms with Gasteiger partial charge in [-0.25, -0.2) is 8.42 Å². The Hall–Kier alpha value is -1.54. The van der Waals surface area contributed by atoms with E-state index in [-0.39, 0.29) is 16.1 Å². The summed E-state index contributed by atoms with van der Waals surface area (Å²) in [5.41, 5.74) is 1.63. The topological polar surface area (TPSA) is 66.5 Å². The second kappa shape index (κ2) is 8.65. The standard InChI is InChI=1S/C19H21ClN2O3S2/c1-14(23)21-15-6-8-16(9-7-15)27(24,25)22-11-10-19(26-13-12-22)17-4-2-3-5-18(17)20/h2-9,19H,10-13H2,1H3,(H,21,23)/t19-/m1/s1. The lowest BCUT2D eigenvalue weighted by Gasteiger charge is -2.20. The van der Waals surface area contributed by atoms with Gasteiger partial charge in [0.1, 0.15) is 0 Å². The highest BCUT2D eigenvalue weighted by atomic mass is 35.5. The van der Waals surface area contributed by atoms with E-state index in [1.54, 1.807) is 23.9 Å². The van der Waals surface area contributed by atoms with Crippen LogP contribution in [0.2, 0.25) is 5.02 Å². The first-order valence-electron chi connectivity index (χ1n) is 8.62. The molecule has 1 heterocycles. The molecule has 1 aliphatic rings. The van der Waals surface area contributed by atoms with Crippen LogP contribution in [0.4, 0.5) is 5.69 Å². The van der Waals surface area contributed by atoms with E-state index < -0.39 is 10.0 Å². The van der Waals surface area contributed by atoms with E-state index >= 15 is 0 Å². The van der Waals surface area contributed by atoms with Crippen LogP contribution in [-0.4, -0.2) is 37.5 Å². The molecular formula is C19H21ClN2O3S2. The summed E-state index contributed by atoms with van der Waals surface area (Å²) in [7, 11) is -3.57. The van der Waals surface area contributed by atoms with Crippen LogP contribution in [0.15, 0.2) is 53.4 Å². The van der Waals surface area contributed by atoms with Gasteiger partial charge in [-0.2, -0.15) is 16.1 Å². The number of carbonyl (C=O) groups is 1. The third-order valence-corrected chi connectivity index (χ3v) is 7.93. The fourth-order valence-corrected chi connectivity index (χ4v) is 6.21. The molecule has 0 aliphatic carbocycles. The number of carbonyl (C=O) groups excluding carboxylic acids is 1. The minimum Gasteiger partial charge on any atom is -0.326 e. The average Bonchev–Trinajstić information content (AvgIpc) is 2.89. The Labute approximate surface area is 169 Å².